The molecule has 1 amide bonds. The van der Waals surface area contributed by atoms with Crippen molar-refractivity contribution in [2.75, 3.05) is 60.0 Å². The first-order valence-corrected chi connectivity index (χ1v) is 11.7. The lowest BCUT2D eigenvalue weighted by Crippen LogP contribution is -2.47. The van der Waals surface area contributed by atoms with Gasteiger partial charge in [-0.25, -0.2) is 0 Å². The highest BCUT2D eigenvalue weighted by atomic mass is 16.5. The molecule has 2 fully saturated rings. The topological polar surface area (TPSA) is 69.2 Å². The normalized spacial score (nSPS) is 20.3. The number of rotatable bonds is 8. The second-order valence-corrected chi connectivity index (χ2v) is 8.84. The van der Waals surface area contributed by atoms with Crippen molar-refractivity contribution < 1.29 is 9.53 Å². The van der Waals surface area contributed by atoms with Gasteiger partial charge in [0.25, 0.3) is 0 Å². The Kier molecular flexibility index (Phi) is 8.72. The third kappa shape index (κ3) is 6.20. The molecule has 1 aromatic rings. The fraction of sp³-hybridized carbons (Fsp3) is 0.667. The van der Waals surface area contributed by atoms with Crippen LogP contribution in [0.1, 0.15) is 44.2 Å². The van der Waals surface area contributed by atoms with Crippen molar-refractivity contribution in [3.05, 3.63) is 35.9 Å². The number of nitrogens with zero attached hydrogens (tertiary/aromatic N) is 3. The molecule has 2 N–H and O–H groups in total. The SMILES string of the molecule is CCNC(=NCC1(C(=O)N(C)C)CCCC1)NCC(c1ccccc1)N1CCOCC1. The van der Waals surface area contributed by atoms with E-state index < -0.39 is 0 Å². The summed E-state index contributed by atoms with van der Waals surface area (Å²) >= 11 is 0. The second-order valence-electron chi connectivity index (χ2n) is 8.84. The van der Waals surface area contributed by atoms with Gasteiger partial charge in [-0.3, -0.25) is 14.7 Å². The van der Waals surface area contributed by atoms with E-state index in [1.165, 1.54) is 5.56 Å². The summed E-state index contributed by atoms with van der Waals surface area (Å²) in [5.74, 6) is 0.995. The van der Waals surface area contributed by atoms with Crippen LogP contribution in [0.3, 0.4) is 0 Å². The van der Waals surface area contributed by atoms with Crippen LogP contribution in [0.4, 0.5) is 0 Å². The fourth-order valence-electron chi connectivity index (χ4n) is 4.75. The predicted molar refractivity (Wildman–Crippen MR) is 125 cm³/mol. The number of aliphatic imine (C=N–C) groups is 1. The average Bonchev–Trinajstić information content (AvgIpc) is 3.28. The highest BCUT2D eigenvalue weighted by molar-refractivity contribution is 5.84. The number of benzene rings is 1. The van der Waals surface area contributed by atoms with Gasteiger partial charge in [0.05, 0.1) is 31.2 Å². The molecule has 1 saturated carbocycles. The zero-order chi connectivity index (χ0) is 22.1. The Labute approximate surface area is 187 Å². The van der Waals surface area contributed by atoms with Gasteiger partial charge >= 0.3 is 0 Å². The highest BCUT2D eigenvalue weighted by Crippen LogP contribution is 2.39. The van der Waals surface area contributed by atoms with Crippen LogP contribution in [0.25, 0.3) is 0 Å². The number of carbonyl (C=O) groups is 1. The third-order valence-electron chi connectivity index (χ3n) is 6.44. The van der Waals surface area contributed by atoms with Gasteiger partial charge in [0.2, 0.25) is 5.91 Å². The molecular weight excluding hydrogens is 390 g/mol. The summed E-state index contributed by atoms with van der Waals surface area (Å²) in [5, 5.41) is 6.93. The molecule has 0 bridgehead atoms. The Morgan fingerprint density at radius 3 is 2.45 bits per heavy atom. The van der Waals surface area contributed by atoms with Crippen LogP contribution in [-0.2, 0) is 9.53 Å². The van der Waals surface area contributed by atoms with E-state index in [0.717, 1.165) is 71.0 Å². The van der Waals surface area contributed by atoms with Gasteiger partial charge in [-0.2, -0.15) is 0 Å². The number of morpholine rings is 1. The minimum absolute atomic E-state index is 0.208. The minimum Gasteiger partial charge on any atom is -0.379 e. The van der Waals surface area contributed by atoms with E-state index in [1.54, 1.807) is 4.90 Å². The smallest absolute Gasteiger partial charge is 0.230 e. The van der Waals surface area contributed by atoms with E-state index in [1.807, 2.05) is 14.1 Å². The molecule has 3 rings (SSSR count). The lowest BCUT2D eigenvalue weighted by atomic mass is 9.85. The Morgan fingerprint density at radius 1 is 1.16 bits per heavy atom. The zero-order valence-electron chi connectivity index (χ0n) is 19.4. The van der Waals surface area contributed by atoms with Crippen LogP contribution < -0.4 is 10.6 Å². The molecule has 0 aromatic heterocycles. The summed E-state index contributed by atoms with van der Waals surface area (Å²) in [4.78, 5) is 22.0. The Balaban J connectivity index is 1.72. The number of hydrogen-bond acceptors (Lipinski definition) is 4. The molecule has 7 nitrogen and oxygen atoms in total. The van der Waals surface area contributed by atoms with Gasteiger partial charge in [-0.1, -0.05) is 43.2 Å². The summed E-state index contributed by atoms with van der Waals surface area (Å²) in [5.41, 5.74) is 0.942. The van der Waals surface area contributed by atoms with Crippen molar-refractivity contribution in [3.8, 4) is 0 Å². The molecule has 1 aliphatic heterocycles. The molecule has 2 aliphatic rings. The monoisotopic (exact) mass is 429 g/mol. The number of amides is 1. The van der Waals surface area contributed by atoms with E-state index in [0.29, 0.717) is 6.54 Å². The maximum atomic E-state index is 12.9. The highest BCUT2D eigenvalue weighted by Gasteiger charge is 2.42. The first-order valence-electron chi connectivity index (χ1n) is 11.7. The number of guanidine groups is 1. The number of ether oxygens (including phenoxy) is 1. The summed E-state index contributed by atoms with van der Waals surface area (Å²) in [6, 6.07) is 10.9. The largest absolute Gasteiger partial charge is 0.379 e. The maximum Gasteiger partial charge on any atom is 0.230 e. The molecule has 7 heteroatoms. The average molecular weight is 430 g/mol. The third-order valence-corrected chi connectivity index (χ3v) is 6.44. The van der Waals surface area contributed by atoms with Crippen molar-refractivity contribution in [2.24, 2.45) is 10.4 Å². The van der Waals surface area contributed by atoms with Gasteiger partial charge < -0.3 is 20.3 Å². The Bertz CT molecular complexity index is 710. The standard InChI is InChI=1S/C24H39N5O2/c1-4-25-23(27-19-24(12-8-9-13-24)22(30)28(2)3)26-18-21(20-10-6-5-7-11-20)29-14-16-31-17-15-29/h5-7,10-11,21H,4,8-9,12-19H2,1-3H3,(H2,25,26,27). The first-order chi connectivity index (χ1) is 15.1. The van der Waals surface area contributed by atoms with E-state index in [-0.39, 0.29) is 17.4 Å². The number of nitrogens with one attached hydrogen (secondary N) is 2. The Morgan fingerprint density at radius 2 is 1.84 bits per heavy atom. The molecular formula is C24H39N5O2. The van der Waals surface area contributed by atoms with Gasteiger partial charge in [0.1, 0.15) is 0 Å². The fourth-order valence-corrected chi connectivity index (χ4v) is 4.75. The van der Waals surface area contributed by atoms with Gasteiger partial charge in [0, 0.05) is 40.3 Å². The number of carbonyl (C=O) groups excluding carboxylic acids is 1. The molecule has 1 unspecified atom stereocenters. The van der Waals surface area contributed by atoms with Crippen molar-refractivity contribution in [3.63, 3.8) is 0 Å². The van der Waals surface area contributed by atoms with Crippen molar-refractivity contribution >= 4 is 11.9 Å². The molecule has 1 heterocycles. The van der Waals surface area contributed by atoms with Gasteiger partial charge in [0.15, 0.2) is 5.96 Å². The summed E-state index contributed by atoms with van der Waals surface area (Å²) in [6.07, 6.45) is 4.05. The molecule has 172 valence electrons. The van der Waals surface area contributed by atoms with E-state index >= 15 is 0 Å². The lowest BCUT2D eigenvalue weighted by Gasteiger charge is -2.35. The molecule has 0 radical (unpaired) electrons. The van der Waals surface area contributed by atoms with Crippen molar-refractivity contribution in [1.29, 1.82) is 0 Å². The summed E-state index contributed by atoms with van der Waals surface area (Å²) in [6.45, 7) is 7.54. The van der Waals surface area contributed by atoms with Gasteiger partial charge in [-0.15, -0.1) is 0 Å². The Hall–Kier alpha value is -2.12. The second kappa shape index (κ2) is 11.5. The quantitative estimate of drug-likeness (QED) is 0.490. The van der Waals surface area contributed by atoms with Crippen LogP contribution in [0.15, 0.2) is 35.3 Å². The van der Waals surface area contributed by atoms with Crippen LogP contribution in [0.2, 0.25) is 0 Å². The zero-order valence-corrected chi connectivity index (χ0v) is 19.4. The minimum atomic E-state index is -0.352. The summed E-state index contributed by atoms with van der Waals surface area (Å²) < 4.78 is 5.56. The predicted octanol–water partition coefficient (Wildman–Crippen LogP) is 2.26. The maximum absolute atomic E-state index is 12.9. The van der Waals surface area contributed by atoms with E-state index in [4.69, 9.17) is 9.73 Å². The lowest BCUT2D eigenvalue weighted by molar-refractivity contribution is -0.138. The van der Waals surface area contributed by atoms with E-state index in [2.05, 4.69) is 52.8 Å². The van der Waals surface area contributed by atoms with Crippen LogP contribution in [0.5, 0.6) is 0 Å². The van der Waals surface area contributed by atoms with Gasteiger partial charge in [-0.05, 0) is 25.3 Å². The van der Waals surface area contributed by atoms with Crippen molar-refractivity contribution in [1.82, 2.24) is 20.4 Å². The molecule has 1 saturated heterocycles. The molecule has 31 heavy (non-hydrogen) atoms. The molecule has 1 atom stereocenters. The molecule has 1 aliphatic carbocycles. The molecule has 1 aromatic carbocycles. The van der Waals surface area contributed by atoms with E-state index in [9.17, 15) is 4.79 Å². The molecule has 0 spiro atoms. The van der Waals surface area contributed by atoms with Crippen LogP contribution in [0, 0.1) is 5.41 Å². The van der Waals surface area contributed by atoms with Crippen LogP contribution in [-0.4, -0.2) is 81.7 Å². The van der Waals surface area contributed by atoms with Crippen LogP contribution >= 0.6 is 0 Å². The summed E-state index contributed by atoms with van der Waals surface area (Å²) in [7, 11) is 3.70. The number of hydrogen-bond donors (Lipinski definition) is 2. The van der Waals surface area contributed by atoms with Crippen molar-refractivity contribution in [2.45, 2.75) is 38.6 Å². The first kappa shape index (κ1) is 23.5.